The minimum atomic E-state index is -4.38. The summed E-state index contributed by atoms with van der Waals surface area (Å²) < 4.78 is 52.9. The van der Waals surface area contributed by atoms with Crippen molar-refractivity contribution in [2.24, 2.45) is 0 Å². The van der Waals surface area contributed by atoms with Gasteiger partial charge in [-0.15, -0.1) is 0 Å². The summed E-state index contributed by atoms with van der Waals surface area (Å²) in [6, 6.07) is 11.1. The predicted molar refractivity (Wildman–Crippen MR) is 88.4 cm³/mol. The molecule has 5 nitrogen and oxygen atoms in total. The molecule has 0 saturated heterocycles. The molecule has 0 atom stereocenters. The van der Waals surface area contributed by atoms with E-state index < -0.39 is 11.7 Å². The zero-order chi connectivity index (χ0) is 19.0. The van der Waals surface area contributed by atoms with Crippen molar-refractivity contribution >= 4 is 5.91 Å². The van der Waals surface area contributed by atoms with Crippen LogP contribution in [0.1, 0.15) is 5.56 Å². The molecule has 0 unspecified atom stereocenters. The largest absolute Gasteiger partial charge is 0.497 e. The van der Waals surface area contributed by atoms with Crippen molar-refractivity contribution < 1.29 is 32.2 Å². The van der Waals surface area contributed by atoms with Crippen molar-refractivity contribution in [3.05, 3.63) is 54.1 Å². The topological polar surface area (TPSA) is 56.8 Å². The molecule has 2 rings (SSSR count). The van der Waals surface area contributed by atoms with Gasteiger partial charge in [-0.2, -0.15) is 13.2 Å². The molecule has 0 radical (unpaired) electrons. The van der Waals surface area contributed by atoms with Gasteiger partial charge in [-0.25, -0.2) is 0 Å². The first kappa shape index (κ1) is 19.4. The van der Waals surface area contributed by atoms with Gasteiger partial charge in [0.15, 0.2) is 6.61 Å². The van der Waals surface area contributed by atoms with Gasteiger partial charge in [0.25, 0.3) is 5.91 Å². The maximum Gasteiger partial charge on any atom is 0.416 e. The molecule has 0 aliphatic heterocycles. The van der Waals surface area contributed by atoms with E-state index >= 15 is 0 Å². The molecule has 0 aromatic heterocycles. The minimum absolute atomic E-state index is 0.125. The Morgan fingerprint density at radius 3 is 2.04 bits per heavy atom. The summed E-state index contributed by atoms with van der Waals surface area (Å²) in [5.74, 6) is 1.17. The van der Waals surface area contributed by atoms with E-state index in [2.05, 4.69) is 5.32 Å². The molecule has 8 heteroatoms. The van der Waals surface area contributed by atoms with Crippen molar-refractivity contribution in [3.8, 4) is 17.2 Å². The molecule has 1 N–H and O–H groups in total. The second-order valence-corrected chi connectivity index (χ2v) is 5.18. The van der Waals surface area contributed by atoms with E-state index in [1.165, 1.54) is 12.1 Å². The molecular formula is C18H18F3NO4. The van der Waals surface area contributed by atoms with Crippen LogP contribution in [0.5, 0.6) is 17.2 Å². The van der Waals surface area contributed by atoms with Gasteiger partial charge < -0.3 is 19.5 Å². The molecule has 0 bridgehead atoms. The molecule has 0 aliphatic carbocycles. The third kappa shape index (κ3) is 6.19. The second kappa shape index (κ2) is 8.98. The molecule has 1 amide bonds. The molecule has 2 aromatic rings. The zero-order valence-electron chi connectivity index (χ0n) is 14.0. The highest BCUT2D eigenvalue weighted by Crippen LogP contribution is 2.30. The van der Waals surface area contributed by atoms with Crippen LogP contribution in [0, 0.1) is 0 Å². The van der Waals surface area contributed by atoms with Gasteiger partial charge in [-0.1, -0.05) is 0 Å². The number of nitrogens with one attached hydrogen (secondary N) is 1. The minimum Gasteiger partial charge on any atom is -0.497 e. The molecule has 0 heterocycles. The Morgan fingerprint density at radius 1 is 0.923 bits per heavy atom. The van der Waals surface area contributed by atoms with Crippen molar-refractivity contribution in [1.82, 2.24) is 5.32 Å². The van der Waals surface area contributed by atoms with E-state index in [9.17, 15) is 18.0 Å². The van der Waals surface area contributed by atoms with Crippen LogP contribution in [0.3, 0.4) is 0 Å². The summed E-state index contributed by atoms with van der Waals surface area (Å²) >= 11 is 0. The van der Waals surface area contributed by atoms with Crippen molar-refractivity contribution in [2.75, 3.05) is 26.9 Å². The van der Waals surface area contributed by atoms with Crippen LogP contribution in [0.15, 0.2) is 48.5 Å². The molecule has 2 aromatic carbocycles. The van der Waals surface area contributed by atoms with Gasteiger partial charge in [0.2, 0.25) is 0 Å². The van der Waals surface area contributed by atoms with Crippen LogP contribution >= 0.6 is 0 Å². The SMILES string of the molecule is COc1ccc(OCC(=O)NCCOc2ccc(C(F)(F)F)cc2)cc1. The number of alkyl halides is 3. The van der Waals surface area contributed by atoms with Gasteiger partial charge in [0.1, 0.15) is 23.9 Å². The fourth-order valence-corrected chi connectivity index (χ4v) is 1.97. The van der Waals surface area contributed by atoms with E-state index in [-0.39, 0.29) is 25.7 Å². The fourth-order valence-electron chi connectivity index (χ4n) is 1.97. The van der Waals surface area contributed by atoms with E-state index in [0.29, 0.717) is 17.2 Å². The number of ether oxygens (including phenoxy) is 3. The van der Waals surface area contributed by atoms with Crippen LogP contribution in [0.2, 0.25) is 0 Å². The number of hydrogen-bond donors (Lipinski definition) is 1. The van der Waals surface area contributed by atoms with Gasteiger partial charge in [0.05, 0.1) is 19.2 Å². The van der Waals surface area contributed by atoms with E-state index in [4.69, 9.17) is 14.2 Å². The molecule has 0 saturated carbocycles. The molecule has 140 valence electrons. The van der Waals surface area contributed by atoms with Crippen LogP contribution in [0.4, 0.5) is 13.2 Å². The number of rotatable bonds is 8. The van der Waals surface area contributed by atoms with Crippen LogP contribution in [-0.4, -0.2) is 32.8 Å². The van der Waals surface area contributed by atoms with Crippen molar-refractivity contribution in [1.29, 1.82) is 0 Å². The van der Waals surface area contributed by atoms with Gasteiger partial charge in [-0.05, 0) is 48.5 Å². The lowest BCUT2D eigenvalue weighted by atomic mass is 10.2. The first-order valence-electron chi connectivity index (χ1n) is 7.72. The predicted octanol–water partition coefficient (Wildman–Crippen LogP) is 3.29. The maximum atomic E-state index is 12.4. The Balaban J connectivity index is 1.65. The fraction of sp³-hybridized carbons (Fsp3) is 0.278. The van der Waals surface area contributed by atoms with Crippen molar-refractivity contribution in [2.45, 2.75) is 6.18 Å². The number of methoxy groups -OCH3 is 1. The Kier molecular flexibility index (Phi) is 6.71. The molecule has 26 heavy (non-hydrogen) atoms. The van der Waals surface area contributed by atoms with Gasteiger partial charge in [-0.3, -0.25) is 4.79 Å². The summed E-state index contributed by atoms with van der Waals surface area (Å²) in [7, 11) is 1.55. The Labute approximate surface area is 148 Å². The lowest BCUT2D eigenvalue weighted by Crippen LogP contribution is -2.32. The Morgan fingerprint density at radius 2 is 1.46 bits per heavy atom. The number of benzene rings is 2. The number of carbonyl (C=O) groups excluding carboxylic acids is 1. The van der Waals surface area contributed by atoms with Crippen LogP contribution in [0.25, 0.3) is 0 Å². The van der Waals surface area contributed by atoms with Crippen molar-refractivity contribution in [3.63, 3.8) is 0 Å². The van der Waals surface area contributed by atoms with Crippen LogP contribution in [-0.2, 0) is 11.0 Å². The lowest BCUT2D eigenvalue weighted by Gasteiger charge is -2.10. The monoisotopic (exact) mass is 369 g/mol. The zero-order valence-corrected chi connectivity index (χ0v) is 14.0. The number of carbonyl (C=O) groups is 1. The smallest absolute Gasteiger partial charge is 0.416 e. The normalized spacial score (nSPS) is 10.9. The summed E-state index contributed by atoms with van der Waals surface area (Å²) in [6.07, 6.45) is -4.38. The molecular weight excluding hydrogens is 351 g/mol. The number of amides is 1. The average Bonchev–Trinajstić information content (AvgIpc) is 2.63. The second-order valence-electron chi connectivity index (χ2n) is 5.18. The Hall–Kier alpha value is -2.90. The maximum absolute atomic E-state index is 12.4. The number of halogens is 3. The Bertz CT molecular complexity index is 700. The highest BCUT2D eigenvalue weighted by Gasteiger charge is 2.29. The third-order valence-corrected chi connectivity index (χ3v) is 3.30. The van der Waals surface area contributed by atoms with E-state index in [0.717, 1.165) is 12.1 Å². The summed E-state index contributed by atoms with van der Waals surface area (Å²) in [6.45, 7) is 0.165. The average molecular weight is 369 g/mol. The summed E-state index contributed by atoms with van der Waals surface area (Å²) in [5, 5.41) is 2.59. The highest BCUT2D eigenvalue weighted by molar-refractivity contribution is 5.77. The number of hydrogen-bond acceptors (Lipinski definition) is 4. The summed E-state index contributed by atoms with van der Waals surface area (Å²) in [4.78, 5) is 11.7. The molecule has 0 aliphatic rings. The van der Waals surface area contributed by atoms with E-state index in [1.807, 2.05) is 0 Å². The van der Waals surface area contributed by atoms with Gasteiger partial charge in [0, 0.05) is 0 Å². The summed E-state index contributed by atoms with van der Waals surface area (Å²) in [5.41, 5.74) is -0.742. The van der Waals surface area contributed by atoms with Crippen LogP contribution < -0.4 is 19.5 Å². The highest BCUT2D eigenvalue weighted by atomic mass is 19.4. The quantitative estimate of drug-likeness (QED) is 0.726. The molecule has 0 spiro atoms. The lowest BCUT2D eigenvalue weighted by molar-refractivity contribution is -0.137. The third-order valence-electron chi connectivity index (χ3n) is 3.30. The van der Waals surface area contributed by atoms with E-state index in [1.54, 1.807) is 31.4 Å². The van der Waals surface area contributed by atoms with Gasteiger partial charge >= 0.3 is 6.18 Å². The first-order chi connectivity index (χ1) is 12.4. The first-order valence-corrected chi connectivity index (χ1v) is 7.72. The molecule has 0 fully saturated rings. The standard InChI is InChI=1S/C18H18F3NO4/c1-24-14-6-8-16(9-7-14)26-12-17(23)22-10-11-25-15-4-2-13(3-5-15)18(19,20)21/h2-9H,10-12H2,1H3,(H,22,23).